The number of nitrogens with zero attached hydrogens (tertiary/aromatic N) is 3. The summed E-state index contributed by atoms with van der Waals surface area (Å²) in [4.78, 5) is 12.0. The Morgan fingerprint density at radius 2 is 2.26 bits per heavy atom. The number of ether oxygens (including phenoxy) is 1. The molecule has 2 rings (SSSR count). The molecule has 23 heavy (non-hydrogen) atoms. The summed E-state index contributed by atoms with van der Waals surface area (Å²) >= 11 is 13.2. The average molecular weight is 375 g/mol. The van der Waals surface area contributed by atoms with Crippen LogP contribution in [0.5, 0.6) is 0 Å². The molecule has 1 N–H and O–H groups in total. The predicted molar refractivity (Wildman–Crippen MR) is 92.3 cm³/mol. The smallest absolute Gasteiger partial charge is 0.234 e. The van der Waals surface area contributed by atoms with Gasteiger partial charge in [0, 0.05) is 25.3 Å². The Balaban J connectivity index is 1.87. The van der Waals surface area contributed by atoms with Crippen LogP contribution >= 0.6 is 35.0 Å². The molecule has 6 nitrogen and oxygen atoms in total. The van der Waals surface area contributed by atoms with E-state index in [2.05, 4.69) is 15.5 Å². The first kappa shape index (κ1) is 18.1. The molecule has 0 atom stereocenters. The molecule has 124 valence electrons. The molecular weight excluding hydrogens is 359 g/mol. The summed E-state index contributed by atoms with van der Waals surface area (Å²) < 4.78 is 6.91. The molecule has 0 aliphatic rings. The lowest BCUT2D eigenvalue weighted by Gasteiger charge is -2.08. The van der Waals surface area contributed by atoms with Crippen LogP contribution in [0, 0.1) is 0 Å². The largest absolute Gasteiger partial charge is 0.385 e. The molecule has 1 heterocycles. The van der Waals surface area contributed by atoms with Crippen molar-refractivity contribution in [1.82, 2.24) is 14.8 Å². The highest BCUT2D eigenvalue weighted by molar-refractivity contribution is 7.99. The number of halogens is 2. The van der Waals surface area contributed by atoms with Crippen molar-refractivity contribution in [2.75, 3.05) is 24.8 Å². The highest BCUT2D eigenvalue weighted by atomic mass is 35.5. The molecule has 0 saturated carbocycles. The molecule has 2 aromatic rings. The number of nitrogens with one attached hydrogen (secondary N) is 1. The Morgan fingerprint density at radius 3 is 3.04 bits per heavy atom. The number of rotatable bonds is 8. The van der Waals surface area contributed by atoms with Gasteiger partial charge in [-0.1, -0.05) is 35.0 Å². The van der Waals surface area contributed by atoms with Gasteiger partial charge in [0.1, 0.15) is 6.33 Å². The lowest BCUT2D eigenvalue weighted by atomic mass is 10.3. The van der Waals surface area contributed by atoms with Crippen molar-refractivity contribution in [1.29, 1.82) is 0 Å². The first-order valence-electron chi connectivity index (χ1n) is 6.84. The highest BCUT2D eigenvalue weighted by Gasteiger charge is 2.10. The summed E-state index contributed by atoms with van der Waals surface area (Å²) in [5, 5.41) is 12.3. The number of hydrogen-bond donors (Lipinski definition) is 1. The van der Waals surface area contributed by atoms with Crippen LogP contribution in [0.15, 0.2) is 29.7 Å². The number of carbonyl (C=O) groups is 1. The Hall–Kier alpha value is -1.28. The third-order valence-electron chi connectivity index (χ3n) is 2.86. The third kappa shape index (κ3) is 5.69. The second-order valence-electron chi connectivity index (χ2n) is 4.61. The summed E-state index contributed by atoms with van der Waals surface area (Å²) in [7, 11) is 1.66. The van der Waals surface area contributed by atoms with Crippen molar-refractivity contribution in [3.8, 4) is 0 Å². The van der Waals surface area contributed by atoms with Gasteiger partial charge in [-0.3, -0.25) is 4.79 Å². The molecule has 1 aromatic carbocycles. The summed E-state index contributed by atoms with van der Waals surface area (Å²) in [6.07, 6.45) is 2.50. The van der Waals surface area contributed by atoms with Gasteiger partial charge >= 0.3 is 0 Å². The summed E-state index contributed by atoms with van der Waals surface area (Å²) in [6, 6.07) is 4.91. The minimum atomic E-state index is -0.189. The Labute approximate surface area is 148 Å². The zero-order chi connectivity index (χ0) is 16.7. The van der Waals surface area contributed by atoms with Crippen molar-refractivity contribution in [2.45, 2.75) is 18.1 Å². The molecule has 0 aliphatic heterocycles. The zero-order valence-corrected chi connectivity index (χ0v) is 14.8. The van der Waals surface area contributed by atoms with E-state index < -0.39 is 0 Å². The topological polar surface area (TPSA) is 69.0 Å². The van der Waals surface area contributed by atoms with E-state index in [0.717, 1.165) is 13.0 Å². The summed E-state index contributed by atoms with van der Waals surface area (Å²) in [5.74, 6) is 0.0110. The van der Waals surface area contributed by atoms with Gasteiger partial charge in [-0.05, 0) is 24.6 Å². The lowest BCUT2D eigenvalue weighted by molar-refractivity contribution is -0.113. The zero-order valence-electron chi connectivity index (χ0n) is 12.5. The molecule has 0 saturated heterocycles. The maximum atomic E-state index is 12.0. The Bertz CT molecular complexity index is 666. The number of aromatic nitrogens is 3. The van der Waals surface area contributed by atoms with E-state index in [1.165, 1.54) is 11.8 Å². The number of methoxy groups -OCH3 is 1. The van der Waals surface area contributed by atoms with Crippen LogP contribution < -0.4 is 5.32 Å². The fraction of sp³-hybridized carbons (Fsp3) is 0.357. The van der Waals surface area contributed by atoms with Gasteiger partial charge in [0.2, 0.25) is 5.91 Å². The van der Waals surface area contributed by atoms with Crippen LogP contribution in [-0.4, -0.2) is 40.1 Å². The van der Waals surface area contributed by atoms with Gasteiger partial charge in [-0.15, -0.1) is 10.2 Å². The summed E-state index contributed by atoms with van der Waals surface area (Å²) in [6.45, 7) is 1.40. The quantitative estimate of drug-likeness (QED) is 0.566. The molecule has 1 amide bonds. The van der Waals surface area contributed by atoms with Gasteiger partial charge in [0.15, 0.2) is 5.16 Å². The van der Waals surface area contributed by atoms with Crippen LogP contribution in [0.1, 0.15) is 6.42 Å². The lowest BCUT2D eigenvalue weighted by Crippen LogP contribution is -2.15. The number of amides is 1. The second kappa shape index (κ2) is 9.12. The number of carbonyl (C=O) groups excluding carboxylic acids is 1. The monoisotopic (exact) mass is 374 g/mol. The van der Waals surface area contributed by atoms with Gasteiger partial charge in [-0.25, -0.2) is 0 Å². The van der Waals surface area contributed by atoms with Crippen LogP contribution in [0.25, 0.3) is 0 Å². The van der Waals surface area contributed by atoms with Crippen molar-refractivity contribution in [3.63, 3.8) is 0 Å². The number of thioether (sulfide) groups is 1. The van der Waals surface area contributed by atoms with Gasteiger partial charge in [-0.2, -0.15) is 0 Å². The van der Waals surface area contributed by atoms with Crippen molar-refractivity contribution in [3.05, 3.63) is 34.6 Å². The minimum Gasteiger partial charge on any atom is -0.385 e. The standard InChI is InChI=1S/C14H16Cl2N4O2S/c1-22-6-2-5-20-9-17-19-14(20)23-8-13(21)18-12-7-10(15)3-4-11(12)16/h3-4,7,9H,2,5-6,8H2,1H3,(H,18,21). The van der Waals surface area contributed by atoms with Crippen LogP contribution in [0.3, 0.4) is 0 Å². The molecule has 0 fully saturated rings. The number of anilines is 1. The molecule has 0 unspecified atom stereocenters. The van der Waals surface area contributed by atoms with E-state index >= 15 is 0 Å². The molecule has 0 radical (unpaired) electrons. The van der Waals surface area contributed by atoms with Gasteiger partial charge in [0.25, 0.3) is 0 Å². The minimum absolute atomic E-state index is 0.189. The fourth-order valence-corrected chi connectivity index (χ4v) is 2.88. The number of hydrogen-bond acceptors (Lipinski definition) is 5. The van der Waals surface area contributed by atoms with E-state index in [0.29, 0.717) is 27.5 Å². The van der Waals surface area contributed by atoms with E-state index in [9.17, 15) is 4.79 Å². The van der Waals surface area contributed by atoms with E-state index in [-0.39, 0.29) is 11.7 Å². The average Bonchev–Trinajstić information content (AvgIpc) is 2.97. The Kier molecular flexibility index (Phi) is 7.16. The van der Waals surface area contributed by atoms with Crippen molar-refractivity contribution < 1.29 is 9.53 Å². The number of aryl methyl sites for hydroxylation is 1. The fourth-order valence-electron chi connectivity index (χ4n) is 1.80. The first-order valence-corrected chi connectivity index (χ1v) is 8.58. The van der Waals surface area contributed by atoms with Gasteiger partial charge < -0.3 is 14.6 Å². The van der Waals surface area contributed by atoms with Crippen LogP contribution in [-0.2, 0) is 16.1 Å². The van der Waals surface area contributed by atoms with Crippen molar-refractivity contribution in [2.24, 2.45) is 0 Å². The van der Waals surface area contributed by atoms with Crippen molar-refractivity contribution >= 4 is 46.6 Å². The maximum absolute atomic E-state index is 12.0. The molecule has 0 spiro atoms. The third-order valence-corrected chi connectivity index (χ3v) is 4.41. The molecule has 0 bridgehead atoms. The van der Waals surface area contributed by atoms with Crippen LogP contribution in [0.2, 0.25) is 10.0 Å². The van der Waals surface area contributed by atoms with Gasteiger partial charge in [0.05, 0.1) is 16.5 Å². The summed E-state index contributed by atoms with van der Waals surface area (Å²) in [5.41, 5.74) is 0.492. The first-order chi connectivity index (χ1) is 11.1. The number of benzene rings is 1. The maximum Gasteiger partial charge on any atom is 0.234 e. The second-order valence-corrected chi connectivity index (χ2v) is 6.40. The molecule has 9 heteroatoms. The predicted octanol–water partition coefficient (Wildman–Crippen LogP) is 3.35. The normalized spacial score (nSPS) is 10.7. The highest BCUT2D eigenvalue weighted by Crippen LogP contribution is 2.25. The SMILES string of the molecule is COCCCn1cnnc1SCC(=O)Nc1cc(Cl)ccc1Cl. The van der Waals surface area contributed by atoms with E-state index in [1.54, 1.807) is 31.6 Å². The molecule has 0 aliphatic carbocycles. The van der Waals surface area contributed by atoms with E-state index in [4.69, 9.17) is 27.9 Å². The molecule has 1 aromatic heterocycles. The van der Waals surface area contributed by atoms with Crippen LogP contribution in [0.4, 0.5) is 5.69 Å². The molecular formula is C14H16Cl2N4O2S. The van der Waals surface area contributed by atoms with E-state index in [1.807, 2.05) is 4.57 Å². The Morgan fingerprint density at radius 1 is 1.43 bits per heavy atom.